The number of carbonyl (C=O) groups is 2. The van der Waals surface area contributed by atoms with Crippen LogP contribution >= 0.6 is 0 Å². The predicted octanol–water partition coefficient (Wildman–Crippen LogP) is 2.94. The molecule has 1 aromatic heterocycles. The van der Waals surface area contributed by atoms with Crippen molar-refractivity contribution in [2.75, 3.05) is 18.4 Å². The van der Waals surface area contributed by atoms with Crippen LogP contribution in [-0.4, -0.2) is 44.9 Å². The lowest BCUT2D eigenvalue weighted by molar-refractivity contribution is -0.137. The van der Waals surface area contributed by atoms with Crippen LogP contribution in [-0.2, 0) is 17.8 Å². The summed E-state index contributed by atoms with van der Waals surface area (Å²) in [6, 6.07) is 9.58. The minimum atomic E-state index is -0.918. The molecule has 2 amide bonds. The quantitative estimate of drug-likeness (QED) is 0.862. The van der Waals surface area contributed by atoms with E-state index in [0.717, 1.165) is 36.2 Å². The molecule has 7 heteroatoms. The third kappa shape index (κ3) is 4.22. The lowest BCUT2D eigenvalue weighted by Crippen LogP contribution is -2.41. The van der Waals surface area contributed by atoms with E-state index in [2.05, 4.69) is 17.3 Å². The van der Waals surface area contributed by atoms with Crippen LogP contribution in [0.2, 0.25) is 0 Å². The molecule has 1 aliphatic rings. The molecule has 1 aliphatic heterocycles. The van der Waals surface area contributed by atoms with Gasteiger partial charge in [0.15, 0.2) is 0 Å². The van der Waals surface area contributed by atoms with E-state index in [9.17, 15) is 9.59 Å². The van der Waals surface area contributed by atoms with Crippen LogP contribution in [0, 0.1) is 0 Å². The van der Waals surface area contributed by atoms with Gasteiger partial charge in [-0.05, 0) is 37.0 Å². The molecular formula is C19H24N4O3. The van der Waals surface area contributed by atoms with Gasteiger partial charge in [0.1, 0.15) is 6.54 Å². The summed E-state index contributed by atoms with van der Waals surface area (Å²) >= 11 is 0. The fourth-order valence-corrected chi connectivity index (χ4v) is 3.37. The highest BCUT2D eigenvalue weighted by Crippen LogP contribution is 2.26. The third-order valence-electron chi connectivity index (χ3n) is 4.73. The number of amides is 2. The average Bonchev–Trinajstić information content (AvgIpc) is 3.10. The fourth-order valence-electron chi connectivity index (χ4n) is 3.37. The van der Waals surface area contributed by atoms with E-state index in [-0.39, 0.29) is 18.5 Å². The molecule has 0 radical (unpaired) electrons. The van der Waals surface area contributed by atoms with Gasteiger partial charge in [-0.1, -0.05) is 25.1 Å². The molecule has 7 nitrogen and oxygen atoms in total. The molecule has 1 aromatic carbocycles. The molecule has 0 aliphatic carbocycles. The summed E-state index contributed by atoms with van der Waals surface area (Å²) in [6.07, 6.45) is 4.39. The van der Waals surface area contributed by atoms with Gasteiger partial charge in [-0.15, -0.1) is 0 Å². The molecule has 2 N–H and O–H groups in total. The molecule has 1 unspecified atom stereocenters. The Morgan fingerprint density at radius 2 is 2.12 bits per heavy atom. The number of carboxylic acid groups (broad SMARTS) is 1. The summed E-state index contributed by atoms with van der Waals surface area (Å²) < 4.78 is 1.42. The number of hydrogen-bond donors (Lipinski definition) is 2. The number of rotatable bonds is 5. The van der Waals surface area contributed by atoms with Gasteiger partial charge >= 0.3 is 12.0 Å². The summed E-state index contributed by atoms with van der Waals surface area (Å²) in [6.45, 7) is 3.22. The van der Waals surface area contributed by atoms with Crippen LogP contribution in [0.25, 0.3) is 0 Å². The predicted molar refractivity (Wildman–Crippen MR) is 98.2 cm³/mol. The Morgan fingerprint density at radius 3 is 2.88 bits per heavy atom. The first kappa shape index (κ1) is 18.0. The minimum Gasteiger partial charge on any atom is -0.480 e. The smallest absolute Gasteiger partial charge is 0.325 e. The lowest BCUT2D eigenvalue weighted by Gasteiger charge is -2.32. The number of anilines is 1. The number of aromatic nitrogens is 2. The Bertz CT molecular complexity index is 787. The van der Waals surface area contributed by atoms with Crippen molar-refractivity contribution in [2.24, 2.45) is 0 Å². The van der Waals surface area contributed by atoms with Gasteiger partial charge in [0, 0.05) is 30.9 Å². The van der Waals surface area contributed by atoms with Crippen molar-refractivity contribution >= 4 is 17.7 Å². The van der Waals surface area contributed by atoms with Crippen molar-refractivity contribution in [1.82, 2.24) is 14.7 Å². The van der Waals surface area contributed by atoms with Gasteiger partial charge < -0.3 is 15.3 Å². The van der Waals surface area contributed by atoms with E-state index in [1.54, 1.807) is 6.20 Å². The Kier molecular flexibility index (Phi) is 5.55. The van der Waals surface area contributed by atoms with E-state index < -0.39 is 5.97 Å². The summed E-state index contributed by atoms with van der Waals surface area (Å²) in [5.41, 5.74) is 2.81. The van der Waals surface area contributed by atoms with E-state index in [0.29, 0.717) is 13.1 Å². The molecule has 3 rings (SSSR count). The maximum absolute atomic E-state index is 12.7. The number of aryl methyl sites for hydroxylation is 1. The van der Waals surface area contributed by atoms with E-state index in [1.807, 2.05) is 35.2 Å². The SMILES string of the molecule is CCc1ccccc1NC(=O)N1CCCC(c2ccn(CC(=O)O)n2)C1. The third-order valence-corrected chi connectivity index (χ3v) is 4.73. The van der Waals surface area contributed by atoms with Gasteiger partial charge in [0.2, 0.25) is 0 Å². The van der Waals surface area contributed by atoms with Gasteiger partial charge in [-0.25, -0.2) is 4.79 Å². The van der Waals surface area contributed by atoms with Gasteiger partial charge in [-0.2, -0.15) is 5.10 Å². The molecule has 2 aromatic rings. The highest BCUT2D eigenvalue weighted by Gasteiger charge is 2.26. The highest BCUT2D eigenvalue weighted by atomic mass is 16.4. The van der Waals surface area contributed by atoms with Gasteiger partial charge in [0.05, 0.1) is 5.69 Å². The first-order chi connectivity index (χ1) is 12.6. The zero-order chi connectivity index (χ0) is 18.5. The normalized spacial score (nSPS) is 17.1. The Balaban J connectivity index is 1.65. The van der Waals surface area contributed by atoms with Crippen LogP contribution in [0.3, 0.4) is 0 Å². The summed E-state index contributed by atoms with van der Waals surface area (Å²) in [4.78, 5) is 25.3. The summed E-state index contributed by atoms with van der Waals surface area (Å²) in [7, 11) is 0. The second-order valence-corrected chi connectivity index (χ2v) is 6.56. The van der Waals surface area contributed by atoms with Gasteiger partial charge in [0.25, 0.3) is 0 Å². The Morgan fingerprint density at radius 1 is 1.31 bits per heavy atom. The molecule has 26 heavy (non-hydrogen) atoms. The monoisotopic (exact) mass is 356 g/mol. The van der Waals surface area contributed by atoms with Crippen molar-refractivity contribution in [3.63, 3.8) is 0 Å². The average molecular weight is 356 g/mol. The Labute approximate surface area is 152 Å². The number of benzene rings is 1. The maximum atomic E-state index is 12.7. The zero-order valence-electron chi connectivity index (χ0n) is 14.9. The Hall–Kier alpha value is -2.83. The summed E-state index contributed by atoms with van der Waals surface area (Å²) in [5, 5.41) is 16.2. The molecule has 0 bridgehead atoms. The van der Waals surface area contributed by atoms with Crippen molar-refractivity contribution < 1.29 is 14.7 Å². The van der Waals surface area contributed by atoms with Crippen molar-refractivity contribution in [3.8, 4) is 0 Å². The number of piperidine rings is 1. The lowest BCUT2D eigenvalue weighted by atomic mass is 9.95. The van der Waals surface area contributed by atoms with Crippen LogP contribution in [0.1, 0.15) is 36.9 Å². The summed E-state index contributed by atoms with van der Waals surface area (Å²) in [5.74, 6) is -0.787. The van der Waals surface area contributed by atoms with Crippen molar-refractivity contribution in [1.29, 1.82) is 0 Å². The first-order valence-electron chi connectivity index (χ1n) is 8.95. The van der Waals surface area contributed by atoms with Crippen LogP contribution in [0.4, 0.5) is 10.5 Å². The van der Waals surface area contributed by atoms with Gasteiger partial charge in [-0.3, -0.25) is 9.48 Å². The molecule has 2 heterocycles. The molecular weight excluding hydrogens is 332 g/mol. The molecule has 1 fully saturated rings. The zero-order valence-corrected chi connectivity index (χ0v) is 14.9. The maximum Gasteiger partial charge on any atom is 0.325 e. The van der Waals surface area contributed by atoms with E-state index in [1.165, 1.54) is 4.68 Å². The molecule has 138 valence electrons. The molecule has 0 saturated carbocycles. The second-order valence-electron chi connectivity index (χ2n) is 6.56. The standard InChI is InChI=1S/C19H24N4O3/c1-2-14-6-3-4-8-16(14)20-19(26)22-10-5-7-15(12-22)17-9-11-23(21-17)13-18(24)25/h3-4,6,8-9,11,15H,2,5,7,10,12-13H2,1H3,(H,20,26)(H,24,25). The number of carboxylic acids is 1. The number of hydrogen-bond acceptors (Lipinski definition) is 3. The number of nitrogens with zero attached hydrogens (tertiary/aromatic N) is 3. The van der Waals surface area contributed by atoms with E-state index in [4.69, 9.17) is 5.11 Å². The minimum absolute atomic E-state index is 0.0967. The van der Waals surface area contributed by atoms with Crippen LogP contribution in [0.5, 0.6) is 0 Å². The number of urea groups is 1. The number of aliphatic carboxylic acids is 1. The van der Waals surface area contributed by atoms with E-state index >= 15 is 0 Å². The largest absolute Gasteiger partial charge is 0.480 e. The highest BCUT2D eigenvalue weighted by molar-refractivity contribution is 5.90. The fraction of sp³-hybridized carbons (Fsp3) is 0.421. The van der Waals surface area contributed by atoms with Crippen LogP contribution < -0.4 is 5.32 Å². The number of carbonyl (C=O) groups excluding carboxylic acids is 1. The first-order valence-corrected chi connectivity index (χ1v) is 8.95. The molecule has 0 spiro atoms. The number of likely N-dealkylation sites (tertiary alicyclic amines) is 1. The second kappa shape index (κ2) is 8.03. The van der Waals surface area contributed by atoms with Crippen molar-refractivity contribution in [3.05, 3.63) is 47.8 Å². The van der Waals surface area contributed by atoms with Crippen molar-refractivity contribution in [2.45, 2.75) is 38.6 Å². The molecule has 1 atom stereocenters. The number of para-hydroxylation sites is 1. The molecule has 1 saturated heterocycles. The number of nitrogens with one attached hydrogen (secondary N) is 1. The topological polar surface area (TPSA) is 87.5 Å². The van der Waals surface area contributed by atoms with Crippen LogP contribution in [0.15, 0.2) is 36.5 Å².